The lowest BCUT2D eigenvalue weighted by atomic mass is 10.1. The number of amides is 2. The molecule has 1 saturated carbocycles. The standard InChI is InChI=1S/C26H33N3O4S/c1-3-24(26(31)27-22-9-4-5-10-22)28(16-21-8-6-7-19(2)15-21)25(30)18-34-17-20-11-13-23(14-12-20)29(32)33/h6-8,11-15,22,24H,3-5,9-10,16-18H2,1-2H3,(H,27,31)/t24-/m1/s1. The van der Waals surface area contributed by atoms with Gasteiger partial charge in [-0.2, -0.15) is 0 Å². The molecule has 1 aliphatic rings. The molecule has 3 rings (SSSR count). The van der Waals surface area contributed by atoms with Crippen LogP contribution in [0, 0.1) is 17.0 Å². The number of hydrogen-bond acceptors (Lipinski definition) is 5. The molecule has 34 heavy (non-hydrogen) atoms. The SMILES string of the molecule is CC[C@H](C(=O)NC1CCCC1)N(Cc1cccc(C)c1)C(=O)CSCc1ccc([N+](=O)[O-])cc1. The number of non-ortho nitro benzene ring substituents is 1. The highest BCUT2D eigenvalue weighted by atomic mass is 32.2. The molecule has 0 unspecified atom stereocenters. The highest BCUT2D eigenvalue weighted by Crippen LogP contribution is 2.21. The van der Waals surface area contributed by atoms with Crippen LogP contribution < -0.4 is 5.32 Å². The van der Waals surface area contributed by atoms with Crippen molar-refractivity contribution in [2.45, 2.75) is 70.3 Å². The van der Waals surface area contributed by atoms with Gasteiger partial charge in [-0.25, -0.2) is 0 Å². The van der Waals surface area contributed by atoms with E-state index in [9.17, 15) is 19.7 Å². The number of nitro benzene ring substituents is 1. The van der Waals surface area contributed by atoms with E-state index in [1.807, 2.05) is 38.1 Å². The van der Waals surface area contributed by atoms with Crippen molar-refractivity contribution in [2.24, 2.45) is 0 Å². The fourth-order valence-corrected chi connectivity index (χ4v) is 5.22. The van der Waals surface area contributed by atoms with E-state index in [4.69, 9.17) is 0 Å². The van der Waals surface area contributed by atoms with E-state index < -0.39 is 11.0 Å². The summed E-state index contributed by atoms with van der Waals surface area (Å²) in [6.45, 7) is 4.34. The van der Waals surface area contributed by atoms with Crippen molar-refractivity contribution in [2.75, 3.05) is 5.75 Å². The van der Waals surface area contributed by atoms with Crippen LogP contribution in [0.5, 0.6) is 0 Å². The number of rotatable bonds is 11. The van der Waals surface area contributed by atoms with Crippen LogP contribution in [0.4, 0.5) is 5.69 Å². The molecule has 1 N–H and O–H groups in total. The minimum absolute atomic E-state index is 0.0493. The zero-order valence-electron chi connectivity index (χ0n) is 19.9. The molecule has 8 heteroatoms. The van der Waals surface area contributed by atoms with E-state index in [0.717, 1.165) is 42.4 Å². The summed E-state index contributed by atoms with van der Waals surface area (Å²) in [5.41, 5.74) is 3.08. The number of aryl methyl sites for hydroxylation is 1. The van der Waals surface area contributed by atoms with Gasteiger partial charge in [-0.3, -0.25) is 19.7 Å². The molecule has 182 valence electrons. The number of nitrogens with one attached hydrogen (secondary N) is 1. The maximum absolute atomic E-state index is 13.3. The maximum atomic E-state index is 13.3. The molecule has 2 amide bonds. The number of hydrogen-bond donors (Lipinski definition) is 1. The second-order valence-corrected chi connectivity index (χ2v) is 9.83. The van der Waals surface area contributed by atoms with E-state index in [2.05, 4.69) is 5.32 Å². The van der Waals surface area contributed by atoms with Gasteiger partial charge < -0.3 is 10.2 Å². The van der Waals surface area contributed by atoms with Gasteiger partial charge >= 0.3 is 0 Å². The van der Waals surface area contributed by atoms with E-state index in [0.29, 0.717) is 18.7 Å². The van der Waals surface area contributed by atoms with Crippen LogP contribution >= 0.6 is 11.8 Å². The molecular weight excluding hydrogens is 450 g/mol. The Bertz CT molecular complexity index is 990. The molecule has 2 aromatic rings. The van der Waals surface area contributed by atoms with Gasteiger partial charge in [0.1, 0.15) is 6.04 Å². The first-order chi connectivity index (χ1) is 16.4. The van der Waals surface area contributed by atoms with E-state index in [-0.39, 0.29) is 29.3 Å². The summed E-state index contributed by atoms with van der Waals surface area (Å²) < 4.78 is 0. The van der Waals surface area contributed by atoms with Gasteiger partial charge in [-0.15, -0.1) is 11.8 Å². The molecule has 0 aromatic heterocycles. The molecule has 0 radical (unpaired) electrons. The Hall–Kier alpha value is -2.87. The molecule has 1 aliphatic carbocycles. The molecule has 0 aliphatic heterocycles. The Labute approximate surface area is 205 Å². The van der Waals surface area contributed by atoms with Crippen molar-refractivity contribution in [3.63, 3.8) is 0 Å². The molecule has 0 saturated heterocycles. The van der Waals surface area contributed by atoms with Gasteiger partial charge in [0.25, 0.3) is 5.69 Å². The molecule has 1 atom stereocenters. The third-order valence-corrected chi connectivity index (χ3v) is 7.15. The molecular formula is C26H33N3O4S. The van der Waals surface area contributed by atoms with Crippen LogP contribution in [0.2, 0.25) is 0 Å². The first-order valence-corrected chi connectivity index (χ1v) is 13.0. The lowest BCUT2D eigenvalue weighted by molar-refractivity contribution is -0.384. The smallest absolute Gasteiger partial charge is 0.269 e. The first kappa shape index (κ1) is 25.7. The minimum Gasteiger partial charge on any atom is -0.352 e. The molecule has 0 heterocycles. The summed E-state index contributed by atoms with van der Waals surface area (Å²) in [7, 11) is 0. The number of carbonyl (C=O) groups is 2. The third kappa shape index (κ3) is 7.32. The van der Waals surface area contributed by atoms with Crippen LogP contribution in [0.1, 0.15) is 55.7 Å². The number of carbonyl (C=O) groups excluding carboxylic acids is 2. The summed E-state index contributed by atoms with van der Waals surface area (Å²) in [4.78, 5) is 38.6. The van der Waals surface area contributed by atoms with Gasteiger partial charge in [0.05, 0.1) is 10.7 Å². The van der Waals surface area contributed by atoms with Crippen molar-refractivity contribution in [1.29, 1.82) is 0 Å². The number of thioether (sulfide) groups is 1. The quantitative estimate of drug-likeness (QED) is 0.359. The zero-order chi connectivity index (χ0) is 24.5. The van der Waals surface area contributed by atoms with Crippen LogP contribution in [0.15, 0.2) is 48.5 Å². The third-order valence-electron chi connectivity index (χ3n) is 6.16. The Balaban J connectivity index is 1.68. The largest absolute Gasteiger partial charge is 0.352 e. The number of nitrogens with zero attached hydrogens (tertiary/aromatic N) is 2. The second kappa shape index (κ2) is 12.6. The summed E-state index contributed by atoms with van der Waals surface area (Å²) in [6, 6.07) is 14.1. The summed E-state index contributed by atoms with van der Waals surface area (Å²) in [6.07, 6.45) is 4.81. The van der Waals surface area contributed by atoms with Crippen molar-refractivity contribution in [1.82, 2.24) is 10.2 Å². The fourth-order valence-electron chi connectivity index (χ4n) is 4.35. The molecule has 7 nitrogen and oxygen atoms in total. The number of nitro groups is 1. The Kier molecular flexibility index (Phi) is 9.51. The summed E-state index contributed by atoms with van der Waals surface area (Å²) >= 11 is 1.45. The first-order valence-electron chi connectivity index (χ1n) is 11.8. The summed E-state index contributed by atoms with van der Waals surface area (Å²) in [5, 5.41) is 14.0. The normalized spacial score (nSPS) is 14.5. The topological polar surface area (TPSA) is 92.6 Å². The van der Waals surface area contributed by atoms with Crippen LogP contribution in [-0.4, -0.2) is 39.5 Å². The highest BCUT2D eigenvalue weighted by molar-refractivity contribution is 7.99. The van der Waals surface area contributed by atoms with Gasteiger partial charge in [0.2, 0.25) is 11.8 Å². The predicted molar refractivity (Wildman–Crippen MR) is 135 cm³/mol. The second-order valence-electron chi connectivity index (χ2n) is 8.84. The Morgan fingerprint density at radius 2 is 1.85 bits per heavy atom. The van der Waals surface area contributed by atoms with Gasteiger partial charge in [0, 0.05) is 30.5 Å². The molecule has 0 spiro atoms. The minimum atomic E-state index is -0.520. The van der Waals surface area contributed by atoms with E-state index in [1.165, 1.54) is 23.9 Å². The average Bonchev–Trinajstić information content (AvgIpc) is 3.32. The van der Waals surface area contributed by atoms with E-state index in [1.54, 1.807) is 17.0 Å². The fraction of sp³-hybridized carbons (Fsp3) is 0.462. The van der Waals surface area contributed by atoms with Crippen LogP contribution in [0.25, 0.3) is 0 Å². The highest BCUT2D eigenvalue weighted by Gasteiger charge is 2.30. The molecule has 1 fully saturated rings. The van der Waals surface area contributed by atoms with Crippen molar-refractivity contribution < 1.29 is 14.5 Å². The summed E-state index contributed by atoms with van der Waals surface area (Å²) in [5.74, 6) is 0.640. The lowest BCUT2D eigenvalue weighted by Crippen LogP contribution is -2.51. The molecule has 2 aromatic carbocycles. The van der Waals surface area contributed by atoms with Gasteiger partial charge in [-0.1, -0.05) is 61.7 Å². The monoisotopic (exact) mass is 483 g/mol. The maximum Gasteiger partial charge on any atom is 0.269 e. The number of benzene rings is 2. The Morgan fingerprint density at radius 3 is 2.47 bits per heavy atom. The van der Waals surface area contributed by atoms with Crippen molar-refractivity contribution in [3.05, 3.63) is 75.3 Å². The van der Waals surface area contributed by atoms with Crippen molar-refractivity contribution >= 4 is 29.3 Å². The van der Waals surface area contributed by atoms with Crippen LogP contribution in [-0.2, 0) is 21.9 Å². The van der Waals surface area contributed by atoms with E-state index >= 15 is 0 Å². The average molecular weight is 484 g/mol. The molecule has 0 bridgehead atoms. The zero-order valence-corrected chi connectivity index (χ0v) is 20.7. The van der Waals surface area contributed by atoms with Crippen molar-refractivity contribution in [3.8, 4) is 0 Å². The Morgan fingerprint density at radius 1 is 1.15 bits per heavy atom. The lowest BCUT2D eigenvalue weighted by Gasteiger charge is -2.31. The van der Waals surface area contributed by atoms with Gasteiger partial charge in [-0.05, 0) is 37.3 Å². The predicted octanol–water partition coefficient (Wildman–Crippen LogP) is 5.00. The van der Waals surface area contributed by atoms with Crippen LogP contribution in [0.3, 0.4) is 0 Å². The van der Waals surface area contributed by atoms with Gasteiger partial charge in [0.15, 0.2) is 0 Å².